The average molecular weight is 213 g/mol. The van der Waals surface area contributed by atoms with Crippen LogP contribution < -0.4 is 5.32 Å². The number of H-pyrrole nitrogens is 1. The molecule has 2 rings (SSSR count). The number of aromatic amines is 1. The van der Waals surface area contributed by atoms with Gasteiger partial charge in [-0.05, 0) is 12.1 Å². The van der Waals surface area contributed by atoms with Gasteiger partial charge in [-0.2, -0.15) is 0 Å². The number of hydrogen-bond donors (Lipinski definition) is 2. The lowest BCUT2D eigenvalue weighted by Crippen LogP contribution is -2.19. The van der Waals surface area contributed by atoms with Gasteiger partial charge in [-0.15, -0.1) is 0 Å². The van der Waals surface area contributed by atoms with Gasteiger partial charge in [0.1, 0.15) is 5.65 Å². The lowest BCUT2D eigenvalue weighted by Gasteiger charge is -1.93. The van der Waals surface area contributed by atoms with E-state index in [0.717, 1.165) is 16.6 Å². The van der Waals surface area contributed by atoms with E-state index >= 15 is 0 Å². The average Bonchev–Trinajstić information content (AvgIpc) is 2.72. The highest BCUT2D eigenvalue weighted by Gasteiger charge is 1.98. The smallest absolute Gasteiger partial charge is 0.217 e. The zero-order valence-corrected chi connectivity index (χ0v) is 8.87. The van der Waals surface area contributed by atoms with E-state index in [1.54, 1.807) is 6.20 Å². The van der Waals surface area contributed by atoms with Gasteiger partial charge in [-0.3, -0.25) is 4.79 Å². The Kier molecular flexibility index (Phi) is 2.88. The van der Waals surface area contributed by atoms with Crippen LogP contribution in [-0.2, 0) is 4.79 Å². The van der Waals surface area contributed by atoms with Gasteiger partial charge in [-0.25, -0.2) is 4.98 Å². The number of carbonyl (C=O) groups is 1. The fourth-order valence-electron chi connectivity index (χ4n) is 1.38. The Morgan fingerprint density at radius 3 is 3.25 bits per heavy atom. The standard InChI is InChI=1S/C12H11N3O/c1-9(16)13-6-2-3-10-4-7-14-12-11(10)5-8-15-12/h4-5,7-8H,6H2,1H3,(H,13,16)(H,14,15). The second-order valence-corrected chi connectivity index (χ2v) is 3.31. The molecule has 4 nitrogen and oxygen atoms in total. The molecule has 80 valence electrons. The quantitative estimate of drug-likeness (QED) is 0.696. The fourth-order valence-corrected chi connectivity index (χ4v) is 1.38. The Balaban J connectivity index is 2.20. The molecule has 2 aromatic rings. The lowest BCUT2D eigenvalue weighted by molar-refractivity contribution is -0.118. The molecule has 16 heavy (non-hydrogen) atoms. The van der Waals surface area contributed by atoms with Crippen molar-refractivity contribution in [3.63, 3.8) is 0 Å². The maximum atomic E-state index is 10.6. The number of fused-ring (bicyclic) bond motifs is 1. The number of nitrogens with one attached hydrogen (secondary N) is 2. The summed E-state index contributed by atoms with van der Waals surface area (Å²) in [6.45, 7) is 1.84. The van der Waals surface area contributed by atoms with Crippen molar-refractivity contribution in [2.75, 3.05) is 6.54 Å². The minimum Gasteiger partial charge on any atom is -0.346 e. The van der Waals surface area contributed by atoms with E-state index in [2.05, 4.69) is 27.1 Å². The Morgan fingerprint density at radius 1 is 1.56 bits per heavy atom. The van der Waals surface area contributed by atoms with E-state index in [0.29, 0.717) is 6.54 Å². The predicted molar refractivity (Wildman–Crippen MR) is 61.7 cm³/mol. The van der Waals surface area contributed by atoms with E-state index in [-0.39, 0.29) is 5.91 Å². The van der Waals surface area contributed by atoms with Crippen molar-refractivity contribution in [1.29, 1.82) is 0 Å². The largest absolute Gasteiger partial charge is 0.346 e. The number of nitrogens with zero attached hydrogens (tertiary/aromatic N) is 1. The van der Waals surface area contributed by atoms with E-state index in [1.807, 2.05) is 18.3 Å². The third kappa shape index (κ3) is 2.20. The second kappa shape index (κ2) is 4.49. The molecule has 4 heteroatoms. The first kappa shape index (κ1) is 10.2. The normalized spacial score (nSPS) is 9.56. The molecule has 0 radical (unpaired) electrons. The van der Waals surface area contributed by atoms with Crippen LogP contribution in [0.4, 0.5) is 0 Å². The minimum absolute atomic E-state index is 0.0733. The summed E-state index contributed by atoms with van der Waals surface area (Å²) in [6.07, 6.45) is 3.54. The monoisotopic (exact) mass is 213 g/mol. The minimum atomic E-state index is -0.0733. The third-order valence-electron chi connectivity index (χ3n) is 2.11. The molecular weight excluding hydrogens is 202 g/mol. The van der Waals surface area contributed by atoms with Crippen LogP contribution in [0.3, 0.4) is 0 Å². The predicted octanol–water partition coefficient (Wildman–Crippen LogP) is 1.05. The zero-order chi connectivity index (χ0) is 11.4. The summed E-state index contributed by atoms with van der Waals surface area (Å²) in [4.78, 5) is 17.8. The molecule has 0 atom stereocenters. The van der Waals surface area contributed by atoms with E-state index in [1.165, 1.54) is 6.92 Å². The summed E-state index contributed by atoms with van der Waals surface area (Å²) in [5, 5.41) is 3.62. The van der Waals surface area contributed by atoms with E-state index < -0.39 is 0 Å². The summed E-state index contributed by atoms with van der Waals surface area (Å²) in [5.74, 6) is 5.82. The highest BCUT2D eigenvalue weighted by atomic mass is 16.1. The van der Waals surface area contributed by atoms with Crippen molar-refractivity contribution < 1.29 is 4.79 Å². The lowest BCUT2D eigenvalue weighted by atomic mass is 10.2. The molecule has 2 aromatic heterocycles. The van der Waals surface area contributed by atoms with Gasteiger partial charge in [0.05, 0.1) is 6.54 Å². The summed E-state index contributed by atoms with van der Waals surface area (Å²) in [7, 11) is 0. The number of carbonyl (C=O) groups excluding carboxylic acids is 1. The van der Waals surface area contributed by atoms with Gasteiger partial charge in [0.15, 0.2) is 0 Å². The third-order valence-corrected chi connectivity index (χ3v) is 2.11. The first-order valence-corrected chi connectivity index (χ1v) is 4.93. The molecule has 0 aliphatic carbocycles. The van der Waals surface area contributed by atoms with Crippen molar-refractivity contribution in [1.82, 2.24) is 15.3 Å². The Bertz CT molecular complexity index is 574. The highest BCUT2D eigenvalue weighted by molar-refractivity contribution is 5.82. The Hall–Kier alpha value is -2.28. The van der Waals surface area contributed by atoms with Crippen molar-refractivity contribution in [3.8, 4) is 11.8 Å². The number of rotatable bonds is 1. The van der Waals surface area contributed by atoms with Gasteiger partial charge in [-0.1, -0.05) is 11.8 Å². The SMILES string of the molecule is CC(=O)NCC#Cc1ccnc2[nH]ccc12. The summed E-state index contributed by atoms with van der Waals surface area (Å²) in [5.41, 5.74) is 1.74. The molecule has 2 N–H and O–H groups in total. The van der Waals surface area contributed by atoms with Crippen LogP contribution in [0.15, 0.2) is 24.5 Å². The first-order valence-electron chi connectivity index (χ1n) is 4.93. The molecule has 0 saturated carbocycles. The van der Waals surface area contributed by atoms with Crippen LogP contribution in [0.25, 0.3) is 11.0 Å². The van der Waals surface area contributed by atoms with Gasteiger partial charge >= 0.3 is 0 Å². The molecule has 0 bridgehead atoms. The van der Waals surface area contributed by atoms with Crippen molar-refractivity contribution in [3.05, 3.63) is 30.1 Å². The molecule has 1 amide bonds. The number of amides is 1. The number of pyridine rings is 1. The van der Waals surface area contributed by atoms with Crippen LogP contribution in [0.2, 0.25) is 0 Å². The molecule has 0 unspecified atom stereocenters. The van der Waals surface area contributed by atoms with Crippen LogP contribution in [0.1, 0.15) is 12.5 Å². The summed E-state index contributed by atoms with van der Waals surface area (Å²) in [6, 6.07) is 3.79. The zero-order valence-electron chi connectivity index (χ0n) is 8.87. The molecule has 2 heterocycles. The van der Waals surface area contributed by atoms with Crippen molar-refractivity contribution in [2.45, 2.75) is 6.92 Å². The molecule has 0 aliphatic rings. The first-order chi connectivity index (χ1) is 7.77. The Labute approximate surface area is 93.1 Å². The second-order valence-electron chi connectivity index (χ2n) is 3.31. The van der Waals surface area contributed by atoms with Crippen molar-refractivity contribution in [2.24, 2.45) is 0 Å². The molecule has 0 spiro atoms. The molecule has 0 aromatic carbocycles. The Morgan fingerprint density at radius 2 is 2.44 bits per heavy atom. The van der Waals surface area contributed by atoms with E-state index in [9.17, 15) is 4.79 Å². The highest BCUT2D eigenvalue weighted by Crippen LogP contribution is 2.13. The maximum Gasteiger partial charge on any atom is 0.217 e. The fraction of sp³-hybridized carbons (Fsp3) is 0.167. The molecule has 0 saturated heterocycles. The number of aromatic nitrogens is 2. The van der Waals surface area contributed by atoms with Gasteiger partial charge in [0.25, 0.3) is 0 Å². The van der Waals surface area contributed by atoms with Crippen molar-refractivity contribution >= 4 is 16.9 Å². The molecule has 0 aliphatic heterocycles. The maximum absolute atomic E-state index is 10.6. The van der Waals surface area contributed by atoms with Gasteiger partial charge in [0, 0.05) is 30.3 Å². The molecule has 0 fully saturated rings. The summed E-state index contributed by atoms with van der Waals surface area (Å²) < 4.78 is 0. The topological polar surface area (TPSA) is 57.8 Å². The van der Waals surface area contributed by atoms with Gasteiger partial charge in [0.2, 0.25) is 5.91 Å². The number of hydrogen-bond acceptors (Lipinski definition) is 2. The van der Waals surface area contributed by atoms with E-state index in [4.69, 9.17) is 0 Å². The van der Waals surface area contributed by atoms with Crippen LogP contribution in [0.5, 0.6) is 0 Å². The summed E-state index contributed by atoms with van der Waals surface area (Å²) >= 11 is 0. The van der Waals surface area contributed by atoms with Gasteiger partial charge < -0.3 is 10.3 Å². The van der Waals surface area contributed by atoms with Crippen LogP contribution >= 0.6 is 0 Å². The van der Waals surface area contributed by atoms with Crippen LogP contribution in [-0.4, -0.2) is 22.4 Å². The van der Waals surface area contributed by atoms with Crippen LogP contribution in [0, 0.1) is 11.8 Å². The molecular formula is C12H11N3O.